The Balaban J connectivity index is 1.48. The number of tetrazole rings is 1. The Hall–Kier alpha value is -7.60. The number of carbonyl (C=O) groups excluding carboxylic acids is 2. The molecule has 0 spiro atoms. The monoisotopic (exact) mass is 981 g/mol. The highest BCUT2D eigenvalue weighted by Crippen LogP contribution is 2.43. The summed E-state index contributed by atoms with van der Waals surface area (Å²) in [5, 5.41) is 15.6. The predicted octanol–water partition coefficient (Wildman–Crippen LogP) is 4.59. The largest absolute Gasteiger partial charge is 0.497 e. The van der Waals surface area contributed by atoms with Crippen molar-refractivity contribution in [2.45, 2.75) is 61.8 Å². The van der Waals surface area contributed by atoms with Crippen LogP contribution in [0.5, 0.6) is 17.2 Å². The average Bonchev–Trinajstić information content (AvgIpc) is 3.95. The van der Waals surface area contributed by atoms with Crippen molar-refractivity contribution in [3.63, 3.8) is 0 Å². The number of benzene rings is 5. The van der Waals surface area contributed by atoms with Crippen LogP contribution in [0.4, 0.5) is 10.7 Å². The maximum Gasteiger partial charge on any atom is 0.408 e. The van der Waals surface area contributed by atoms with Crippen molar-refractivity contribution in [3.05, 3.63) is 120 Å². The van der Waals surface area contributed by atoms with Gasteiger partial charge in [0.2, 0.25) is 31.8 Å². The van der Waals surface area contributed by atoms with Gasteiger partial charge in [0.05, 0.1) is 44.5 Å². The second-order valence-electron chi connectivity index (χ2n) is 16.6. The summed E-state index contributed by atoms with van der Waals surface area (Å²) in [5.41, 5.74) is 13.6. The lowest BCUT2D eigenvalue weighted by atomic mass is 9.98. The number of nitrogens with zero attached hydrogens (tertiary/aromatic N) is 6. The van der Waals surface area contributed by atoms with E-state index in [0.29, 0.717) is 45.0 Å². The molecule has 2 aromatic heterocycles. The zero-order valence-electron chi connectivity index (χ0n) is 38.5. The number of H-pyrrole nitrogens is 1. The number of primary amides is 1. The van der Waals surface area contributed by atoms with Crippen molar-refractivity contribution in [1.82, 2.24) is 44.5 Å². The number of para-hydroxylation sites is 1. The molecule has 2 heterocycles. The molecule has 362 valence electrons. The Morgan fingerprint density at radius 3 is 1.88 bits per heavy atom. The third-order valence-corrected chi connectivity index (χ3v) is 14.0. The molecule has 0 aliphatic heterocycles. The van der Waals surface area contributed by atoms with Gasteiger partial charge in [-0.3, -0.25) is 4.79 Å². The molecule has 0 saturated heterocycles. The molecule has 0 unspecified atom stereocenters. The van der Waals surface area contributed by atoms with E-state index >= 15 is 8.42 Å². The van der Waals surface area contributed by atoms with Crippen LogP contribution in [-0.4, -0.2) is 103 Å². The highest BCUT2D eigenvalue weighted by Gasteiger charge is 2.39. The fourth-order valence-corrected chi connectivity index (χ4v) is 10.7. The summed E-state index contributed by atoms with van der Waals surface area (Å²) in [4.78, 5) is 32.6. The molecular weight excluding hydrogens is 931 g/mol. The molecule has 5 aromatic carbocycles. The molecular formula is C46H51N11O10S2. The van der Waals surface area contributed by atoms with E-state index in [1.807, 2.05) is 0 Å². The van der Waals surface area contributed by atoms with Crippen molar-refractivity contribution >= 4 is 49.0 Å². The van der Waals surface area contributed by atoms with E-state index in [1.54, 1.807) is 112 Å². The number of hydrogen-bond acceptors (Lipinski definition) is 15. The lowest BCUT2D eigenvalue weighted by molar-refractivity contribution is -0.119. The molecule has 7 rings (SSSR count). The van der Waals surface area contributed by atoms with Crippen LogP contribution in [-0.2, 0) is 49.2 Å². The molecule has 7 aromatic rings. The quantitative estimate of drug-likeness (QED) is 0.0741. The van der Waals surface area contributed by atoms with Crippen molar-refractivity contribution in [1.29, 1.82) is 0 Å². The molecule has 2 amide bonds. The highest BCUT2D eigenvalue weighted by atomic mass is 32.2. The molecule has 7 N–H and O–H groups in total. The van der Waals surface area contributed by atoms with Crippen LogP contribution in [0.1, 0.15) is 37.5 Å². The van der Waals surface area contributed by atoms with Gasteiger partial charge < -0.3 is 40.7 Å². The third-order valence-electron chi connectivity index (χ3n) is 10.5. The first-order chi connectivity index (χ1) is 32.8. The Kier molecular flexibility index (Phi) is 14.5. The number of imidazole rings is 1. The second kappa shape index (κ2) is 20.3. The molecule has 21 nitrogen and oxygen atoms in total. The zero-order valence-corrected chi connectivity index (χ0v) is 40.1. The fraction of sp³-hybridized carbons (Fsp3) is 0.261. The normalized spacial score (nSPS) is 12.4. The number of amides is 2. The average molecular weight is 982 g/mol. The Labute approximate surface area is 398 Å². The molecule has 0 bridgehead atoms. The summed E-state index contributed by atoms with van der Waals surface area (Å²) >= 11 is 0. The van der Waals surface area contributed by atoms with E-state index in [0.717, 1.165) is 15.9 Å². The number of methoxy groups -OCH3 is 3. The van der Waals surface area contributed by atoms with E-state index in [9.17, 15) is 18.0 Å². The number of carbonyl (C=O) groups is 2. The van der Waals surface area contributed by atoms with Crippen LogP contribution < -0.4 is 35.7 Å². The van der Waals surface area contributed by atoms with Gasteiger partial charge in [0.25, 0.3) is 0 Å². The Bertz CT molecular complexity index is 3140. The Morgan fingerprint density at radius 1 is 0.783 bits per heavy atom. The molecule has 23 heteroatoms. The van der Waals surface area contributed by atoms with Gasteiger partial charge in [-0.2, -0.15) is 9.10 Å². The van der Waals surface area contributed by atoms with E-state index < -0.39 is 60.0 Å². The minimum atomic E-state index is -5.07. The van der Waals surface area contributed by atoms with Crippen molar-refractivity contribution < 1.29 is 45.4 Å². The summed E-state index contributed by atoms with van der Waals surface area (Å²) < 4.78 is 86.8. The maximum atomic E-state index is 16.1. The standard InChI is InChI=1S/C46H51N11O10S2/c1-46(2,3)67-45(59)51-37(42(47)58)24-49-68(60,61)38-23-22-34(35-8-7-9-36-40(35)52-44(48)50-36)39(43-53-55-57(54-43)27-30-14-20-33(66-6)21-15-30)41(38)69(62,63)56(25-28-10-16-31(64-4)17-11-28)26-29-12-18-32(65-5)19-13-29/h7-23,37,49H,24-27H2,1-6H3,(H2,47,58)(H,51,59)(H3,48,50,52)/t37-/m1/s1. The number of hydrogen-bond donors (Lipinski definition) is 5. The lowest BCUT2D eigenvalue weighted by Gasteiger charge is -2.26. The van der Waals surface area contributed by atoms with E-state index in [1.165, 1.54) is 32.2 Å². The molecule has 0 radical (unpaired) electrons. The van der Waals surface area contributed by atoms with Gasteiger partial charge in [-0.05, 0) is 96.8 Å². The van der Waals surface area contributed by atoms with Crippen molar-refractivity contribution in [3.8, 4) is 39.8 Å². The number of nitrogens with two attached hydrogens (primary N) is 2. The van der Waals surface area contributed by atoms with Gasteiger partial charge in [0.15, 0.2) is 5.95 Å². The molecule has 0 fully saturated rings. The number of rotatable bonds is 19. The van der Waals surface area contributed by atoms with Gasteiger partial charge >= 0.3 is 6.09 Å². The van der Waals surface area contributed by atoms with Gasteiger partial charge in [-0.1, -0.05) is 54.6 Å². The zero-order chi connectivity index (χ0) is 49.7. The summed E-state index contributed by atoms with van der Waals surface area (Å²) in [6.45, 7) is 3.49. The molecule has 1 atom stereocenters. The minimum absolute atomic E-state index is 0.0629. The first kappa shape index (κ1) is 49.3. The smallest absolute Gasteiger partial charge is 0.408 e. The van der Waals surface area contributed by atoms with Gasteiger partial charge in [0, 0.05) is 25.2 Å². The number of nitrogen functional groups attached to an aromatic ring is 1. The summed E-state index contributed by atoms with van der Waals surface area (Å²) in [7, 11) is -5.54. The number of anilines is 1. The SMILES string of the molecule is COc1ccc(CN(Cc2ccc(OC)cc2)S(=O)(=O)c2c(S(=O)(=O)NC[C@@H](NC(=O)OC(C)(C)C)C(N)=O)ccc(-c3cccc4[nH]c(N)nc34)c2-c2nnn(Cc3ccc(OC)cc3)n2)cc1. The number of fused-ring (bicyclic) bond motifs is 1. The molecule has 0 aliphatic rings. The number of sulfonamides is 2. The molecule has 0 saturated carbocycles. The predicted molar refractivity (Wildman–Crippen MR) is 255 cm³/mol. The number of aromatic nitrogens is 6. The lowest BCUT2D eigenvalue weighted by Crippen LogP contribution is -2.52. The summed E-state index contributed by atoms with van der Waals surface area (Å²) in [6.07, 6.45) is -1.05. The number of aromatic amines is 1. The number of ether oxygens (including phenoxy) is 4. The first-order valence-electron chi connectivity index (χ1n) is 21.2. The van der Waals surface area contributed by atoms with Crippen LogP contribution in [0.3, 0.4) is 0 Å². The number of nitrogens with one attached hydrogen (secondary N) is 3. The minimum Gasteiger partial charge on any atom is -0.497 e. The number of alkyl carbamates (subject to hydrolysis) is 1. The first-order valence-corrected chi connectivity index (χ1v) is 24.1. The maximum absolute atomic E-state index is 16.1. The van der Waals surface area contributed by atoms with Gasteiger partial charge in [-0.15, -0.1) is 10.2 Å². The van der Waals surface area contributed by atoms with Gasteiger partial charge in [0.1, 0.15) is 38.7 Å². The summed E-state index contributed by atoms with van der Waals surface area (Å²) in [5.74, 6) is 0.330. The van der Waals surface area contributed by atoms with Crippen molar-refractivity contribution in [2.75, 3.05) is 33.6 Å². The molecule has 0 aliphatic carbocycles. The van der Waals surface area contributed by atoms with Crippen molar-refractivity contribution in [2.24, 2.45) is 5.73 Å². The van der Waals surface area contributed by atoms with E-state index in [-0.39, 0.29) is 42.5 Å². The fourth-order valence-electron chi connectivity index (χ4n) is 7.22. The van der Waals surface area contributed by atoms with Gasteiger partial charge in [-0.25, -0.2) is 31.3 Å². The molecule has 69 heavy (non-hydrogen) atoms. The van der Waals surface area contributed by atoms with E-state index in [4.69, 9.17) is 30.4 Å². The third kappa shape index (κ3) is 11.6. The second-order valence-corrected chi connectivity index (χ2v) is 20.2. The van der Waals surface area contributed by atoms with Crippen LogP contribution in [0.15, 0.2) is 113 Å². The van der Waals surface area contributed by atoms with Crippen LogP contribution >= 0.6 is 0 Å². The topological polar surface area (TPSA) is 291 Å². The van der Waals surface area contributed by atoms with Crippen LogP contribution in [0.2, 0.25) is 0 Å². The summed E-state index contributed by atoms with van der Waals surface area (Å²) in [6, 6.07) is 26.4. The van der Waals surface area contributed by atoms with Crippen LogP contribution in [0, 0.1) is 0 Å². The Morgan fingerprint density at radius 2 is 1.35 bits per heavy atom. The van der Waals surface area contributed by atoms with E-state index in [2.05, 4.69) is 35.4 Å². The van der Waals surface area contributed by atoms with Crippen LogP contribution in [0.25, 0.3) is 33.5 Å². The highest BCUT2D eigenvalue weighted by molar-refractivity contribution is 7.92.